The minimum Gasteiger partial charge on any atom is -0.477 e. The van der Waals surface area contributed by atoms with Crippen LogP contribution < -0.4 is 0 Å². The number of halogens is 19. The molecule has 1 atom stereocenters. The molecule has 0 heterocycles. The van der Waals surface area contributed by atoms with Gasteiger partial charge in [0.05, 0.1) is 0 Å². The SMILES string of the molecule is O=C(O)C(F)(OC(F)(F)C(F)(F)C(F)(F)C(F)(F)C(F)(F)C(F)(F)C(F)(F)F)C(F)(F)F.[Na]. The molecule has 33 heavy (non-hydrogen) atoms. The Morgan fingerprint density at radius 3 is 1.00 bits per heavy atom. The van der Waals surface area contributed by atoms with Gasteiger partial charge in [-0.05, 0) is 0 Å². The summed E-state index contributed by atoms with van der Waals surface area (Å²) < 4.78 is 242. The molecule has 193 valence electrons. The second kappa shape index (κ2) is 8.64. The zero-order chi connectivity index (χ0) is 26.8. The van der Waals surface area contributed by atoms with E-state index in [-0.39, 0.29) is 29.6 Å². The minimum absolute atomic E-state index is 0. The zero-order valence-electron chi connectivity index (χ0n) is 14.4. The smallest absolute Gasteiger partial charge is 0.460 e. The minimum atomic E-state index is -8.88. The Bertz CT molecular complexity index is 724. The van der Waals surface area contributed by atoms with Crippen molar-refractivity contribution in [2.24, 2.45) is 0 Å². The van der Waals surface area contributed by atoms with E-state index in [1.165, 1.54) is 4.74 Å². The topological polar surface area (TPSA) is 46.5 Å². The maximum Gasteiger partial charge on any atom is 0.460 e. The van der Waals surface area contributed by atoms with E-state index < -0.39 is 59.9 Å². The van der Waals surface area contributed by atoms with Crippen LogP contribution in [-0.2, 0) is 9.53 Å². The molecular weight excluding hydrogens is 552 g/mol. The maximum atomic E-state index is 13.2. The van der Waals surface area contributed by atoms with E-state index in [4.69, 9.17) is 5.11 Å². The van der Waals surface area contributed by atoms with Crippen LogP contribution in [0.3, 0.4) is 0 Å². The first kappa shape index (κ1) is 34.3. The molecular formula is C10HF19NaO3. The summed E-state index contributed by atoms with van der Waals surface area (Å²) in [5.41, 5.74) is 0. The molecule has 0 aliphatic carbocycles. The van der Waals surface area contributed by atoms with Crippen LogP contribution in [0.25, 0.3) is 0 Å². The van der Waals surface area contributed by atoms with E-state index in [9.17, 15) is 88.2 Å². The molecule has 1 N–H and O–H groups in total. The second-order valence-corrected chi connectivity index (χ2v) is 5.39. The summed E-state index contributed by atoms with van der Waals surface area (Å²) in [6.45, 7) is 0. The standard InChI is InChI=1S/C10HF19O3.Na/c11-2(1(30)31,8(22,23)24)32-10(28,29)7(20,21)5(16,17)3(12,13)4(14,15)6(18,19)9(25,26)27;/h(H,30,31);. The average molecular weight is 553 g/mol. The number of carboxylic acid groups (broad SMARTS) is 1. The fourth-order valence-electron chi connectivity index (χ4n) is 1.42. The van der Waals surface area contributed by atoms with Gasteiger partial charge in [-0.15, -0.1) is 0 Å². The van der Waals surface area contributed by atoms with Gasteiger partial charge < -0.3 is 5.11 Å². The van der Waals surface area contributed by atoms with Crippen molar-refractivity contribution in [2.75, 3.05) is 0 Å². The van der Waals surface area contributed by atoms with Crippen molar-refractivity contribution in [3.8, 4) is 0 Å². The van der Waals surface area contributed by atoms with E-state index in [1.807, 2.05) is 0 Å². The van der Waals surface area contributed by atoms with Gasteiger partial charge in [-0.3, -0.25) is 4.74 Å². The van der Waals surface area contributed by atoms with E-state index in [0.29, 0.717) is 0 Å². The van der Waals surface area contributed by atoms with Crippen LogP contribution in [0.1, 0.15) is 0 Å². The first-order valence-corrected chi connectivity index (χ1v) is 6.43. The number of alkyl halides is 19. The van der Waals surface area contributed by atoms with Crippen molar-refractivity contribution in [3.63, 3.8) is 0 Å². The van der Waals surface area contributed by atoms with Crippen molar-refractivity contribution in [2.45, 2.75) is 53.9 Å². The Morgan fingerprint density at radius 2 is 0.758 bits per heavy atom. The Morgan fingerprint density at radius 1 is 0.485 bits per heavy atom. The Labute approximate surface area is 188 Å². The first-order valence-electron chi connectivity index (χ1n) is 6.43. The van der Waals surface area contributed by atoms with E-state index >= 15 is 0 Å². The van der Waals surface area contributed by atoms with Crippen molar-refractivity contribution >= 4 is 35.5 Å². The summed E-state index contributed by atoms with van der Waals surface area (Å²) in [6, 6.07) is 0. The molecule has 0 amide bonds. The van der Waals surface area contributed by atoms with Crippen molar-refractivity contribution in [1.82, 2.24) is 0 Å². The quantitative estimate of drug-likeness (QED) is 0.330. The number of aliphatic carboxylic acids is 1. The monoisotopic (exact) mass is 553 g/mol. The molecule has 0 aromatic rings. The molecule has 0 spiro atoms. The molecule has 0 aliphatic rings. The first-order chi connectivity index (χ1) is 13.4. The number of carboxylic acids is 1. The Balaban J connectivity index is 0. The van der Waals surface area contributed by atoms with Gasteiger partial charge in [0.2, 0.25) is 0 Å². The third-order valence-corrected chi connectivity index (χ3v) is 3.21. The second-order valence-electron chi connectivity index (χ2n) is 5.39. The molecule has 0 bridgehead atoms. The number of rotatable bonds is 8. The summed E-state index contributed by atoms with van der Waals surface area (Å²) in [5.74, 6) is -55.0. The molecule has 23 heteroatoms. The van der Waals surface area contributed by atoms with Gasteiger partial charge in [-0.1, -0.05) is 0 Å². The fourth-order valence-corrected chi connectivity index (χ4v) is 1.42. The molecule has 0 aromatic heterocycles. The summed E-state index contributed by atoms with van der Waals surface area (Å²) in [4.78, 5) is 10.0. The number of carbonyl (C=O) groups is 1. The molecule has 1 unspecified atom stereocenters. The predicted molar refractivity (Wildman–Crippen MR) is 60.1 cm³/mol. The van der Waals surface area contributed by atoms with Gasteiger partial charge in [0, 0.05) is 29.6 Å². The van der Waals surface area contributed by atoms with Gasteiger partial charge in [0.1, 0.15) is 0 Å². The Hall–Kier alpha value is -0.900. The number of ether oxygens (including phenoxy) is 1. The van der Waals surface area contributed by atoms with Crippen LogP contribution in [-0.4, -0.2) is 94.6 Å². The van der Waals surface area contributed by atoms with Crippen LogP contribution in [0.4, 0.5) is 83.4 Å². The summed E-state index contributed by atoms with van der Waals surface area (Å²) >= 11 is 0. The van der Waals surface area contributed by atoms with Crippen LogP contribution >= 0.6 is 0 Å². The van der Waals surface area contributed by atoms with Gasteiger partial charge in [0.15, 0.2) is 0 Å². The average Bonchev–Trinajstić information content (AvgIpc) is 2.50. The third-order valence-electron chi connectivity index (χ3n) is 3.21. The summed E-state index contributed by atoms with van der Waals surface area (Å²) in [6.07, 6.45) is -23.5. The van der Waals surface area contributed by atoms with Crippen LogP contribution in [0.15, 0.2) is 0 Å². The largest absolute Gasteiger partial charge is 0.477 e. The predicted octanol–water partition coefficient (Wildman–Crippen LogP) is 5.27. The van der Waals surface area contributed by atoms with E-state index in [0.717, 1.165) is 0 Å². The Kier molecular flexibility index (Phi) is 8.97. The number of hydrogen-bond acceptors (Lipinski definition) is 2. The molecule has 1 radical (unpaired) electrons. The van der Waals surface area contributed by atoms with Crippen LogP contribution in [0.5, 0.6) is 0 Å². The maximum absolute atomic E-state index is 13.2. The molecule has 0 saturated carbocycles. The third kappa shape index (κ3) is 4.80. The molecule has 0 fully saturated rings. The summed E-state index contributed by atoms with van der Waals surface area (Å²) in [7, 11) is 0. The van der Waals surface area contributed by atoms with Crippen molar-refractivity contribution in [3.05, 3.63) is 0 Å². The van der Waals surface area contributed by atoms with E-state index in [2.05, 4.69) is 0 Å². The van der Waals surface area contributed by atoms with Gasteiger partial charge >= 0.3 is 59.9 Å². The van der Waals surface area contributed by atoms with Crippen molar-refractivity contribution < 1.29 is 98.1 Å². The van der Waals surface area contributed by atoms with Gasteiger partial charge in [-0.25, -0.2) is 4.79 Å². The van der Waals surface area contributed by atoms with Crippen LogP contribution in [0, 0.1) is 0 Å². The normalized spacial score (nSPS) is 17.3. The number of hydrogen-bond donors (Lipinski definition) is 1. The van der Waals surface area contributed by atoms with Crippen LogP contribution in [0.2, 0.25) is 0 Å². The van der Waals surface area contributed by atoms with Gasteiger partial charge in [-0.2, -0.15) is 83.4 Å². The molecule has 3 nitrogen and oxygen atoms in total. The van der Waals surface area contributed by atoms with E-state index in [1.54, 1.807) is 0 Å². The zero-order valence-corrected chi connectivity index (χ0v) is 16.4. The molecule has 0 aliphatic heterocycles. The molecule has 0 saturated heterocycles. The van der Waals surface area contributed by atoms with Crippen molar-refractivity contribution in [1.29, 1.82) is 0 Å². The summed E-state index contributed by atoms with van der Waals surface area (Å²) in [5, 5.41) is 7.81. The fraction of sp³-hybridized carbons (Fsp3) is 0.900. The molecule has 0 aromatic carbocycles. The van der Waals surface area contributed by atoms with Gasteiger partial charge in [0.25, 0.3) is 0 Å². The molecule has 0 rings (SSSR count).